The molecule has 1 saturated heterocycles. The molecule has 1 aromatic heterocycles. The summed E-state index contributed by atoms with van der Waals surface area (Å²) in [5.41, 5.74) is 0. The van der Waals surface area contributed by atoms with E-state index in [1.807, 2.05) is 24.3 Å². The number of hydrogen-bond donors (Lipinski definition) is 0. The number of nitrogens with zero attached hydrogens (tertiary/aromatic N) is 4. The molecule has 1 aliphatic heterocycles. The Bertz CT molecular complexity index is 507. The molecule has 2 amide bonds. The fourth-order valence-electron chi connectivity index (χ4n) is 3.96. The highest BCUT2D eigenvalue weighted by Gasteiger charge is 2.34. The van der Waals surface area contributed by atoms with Crippen LogP contribution in [0.1, 0.15) is 63.7 Å². The van der Waals surface area contributed by atoms with Gasteiger partial charge in [0, 0.05) is 38.6 Å². The van der Waals surface area contributed by atoms with Gasteiger partial charge in [-0.3, -0.25) is 0 Å². The minimum Gasteiger partial charge on any atom is -0.333 e. The van der Waals surface area contributed by atoms with Crippen LogP contribution in [0.2, 0.25) is 0 Å². The van der Waals surface area contributed by atoms with Crippen LogP contribution < -0.4 is 0 Å². The molecule has 0 bridgehead atoms. The van der Waals surface area contributed by atoms with Crippen LogP contribution in [-0.2, 0) is 6.54 Å². The van der Waals surface area contributed by atoms with Crippen molar-refractivity contribution >= 4 is 6.03 Å². The third-order valence-electron chi connectivity index (χ3n) is 5.31. The van der Waals surface area contributed by atoms with E-state index in [9.17, 15) is 4.79 Å². The Balaban J connectivity index is 1.78. The standard InChI is InChI=1S/C17H28N4O/c1-3-20-13-11-18-16(20)15-10-6-7-12-21(15)17(22)19(2)14-8-4-5-9-14/h11,13-15H,3-10,12H2,1-2H3. The molecule has 1 aliphatic carbocycles. The number of rotatable bonds is 3. The zero-order valence-corrected chi connectivity index (χ0v) is 13.9. The first-order chi connectivity index (χ1) is 10.7. The first kappa shape index (κ1) is 15.4. The lowest BCUT2D eigenvalue weighted by Crippen LogP contribution is -2.48. The smallest absolute Gasteiger partial charge is 0.320 e. The number of aromatic nitrogens is 2. The summed E-state index contributed by atoms with van der Waals surface area (Å²) in [6.07, 6.45) is 12.0. The average molecular weight is 304 g/mol. The van der Waals surface area contributed by atoms with Gasteiger partial charge in [-0.05, 0) is 39.0 Å². The molecule has 5 nitrogen and oxygen atoms in total. The Morgan fingerprint density at radius 1 is 1.27 bits per heavy atom. The van der Waals surface area contributed by atoms with Gasteiger partial charge in [0.2, 0.25) is 0 Å². The molecule has 0 radical (unpaired) electrons. The molecule has 1 unspecified atom stereocenters. The van der Waals surface area contributed by atoms with Gasteiger partial charge < -0.3 is 14.4 Å². The molecule has 2 fully saturated rings. The zero-order valence-electron chi connectivity index (χ0n) is 13.9. The highest BCUT2D eigenvalue weighted by Crippen LogP contribution is 2.32. The van der Waals surface area contributed by atoms with Gasteiger partial charge in [0.25, 0.3) is 0 Å². The Labute approximate surface area is 133 Å². The fraction of sp³-hybridized carbons (Fsp3) is 0.765. The maximum absolute atomic E-state index is 13.0. The zero-order chi connectivity index (χ0) is 15.5. The van der Waals surface area contributed by atoms with Gasteiger partial charge in [0.05, 0.1) is 6.04 Å². The van der Waals surface area contributed by atoms with Crippen molar-refractivity contribution < 1.29 is 4.79 Å². The molecule has 2 aliphatic rings. The predicted octanol–water partition coefficient (Wildman–Crippen LogP) is 3.42. The average Bonchev–Trinajstić information content (AvgIpc) is 3.24. The molecular formula is C17H28N4O. The monoisotopic (exact) mass is 304 g/mol. The number of imidazole rings is 1. The molecule has 1 aromatic rings. The summed E-state index contributed by atoms with van der Waals surface area (Å²) in [4.78, 5) is 21.6. The molecule has 0 aromatic carbocycles. The first-order valence-electron chi connectivity index (χ1n) is 8.76. The quantitative estimate of drug-likeness (QED) is 0.858. The molecule has 5 heteroatoms. The summed E-state index contributed by atoms with van der Waals surface area (Å²) >= 11 is 0. The van der Waals surface area contributed by atoms with Crippen molar-refractivity contribution in [3.63, 3.8) is 0 Å². The van der Waals surface area contributed by atoms with Gasteiger partial charge in [-0.2, -0.15) is 0 Å². The van der Waals surface area contributed by atoms with Crippen molar-refractivity contribution in [3.8, 4) is 0 Å². The number of aryl methyl sites for hydroxylation is 1. The van der Waals surface area contributed by atoms with Gasteiger partial charge in [0.1, 0.15) is 5.82 Å². The lowest BCUT2D eigenvalue weighted by molar-refractivity contribution is 0.107. The molecule has 0 N–H and O–H groups in total. The van der Waals surface area contributed by atoms with E-state index in [4.69, 9.17) is 0 Å². The van der Waals surface area contributed by atoms with Gasteiger partial charge in [0.15, 0.2) is 0 Å². The van der Waals surface area contributed by atoms with Crippen LogP contribution in [0.4, 0.5) is 4.79 Å². The minimum atomic E-state index is 0.139. The van der Waals surface area contributed by atoms with Crippen molar-refractivity contribution in [2.24, 2.45) is 0 Å². The normalized spacial score (nSPS) is 23.0. The summed E-state index contributed by atoms with van der Waals surface area (Å²) in [5.74, 6) is 1.05. The highest BCUT2D eigenvalue weighted by molar-refractivity contribution is 5.75. The maximum Gasteiger partial charge on any atom is 0.320 e. The SMILES string of the molecule is CCn1ccnc1C1CCCCN1C(=O)N(C)C1CCCC1. The van der Waals surface area contributed by atoms with Crippen LogP contribution in [0, 0.1) is 0 Å². The second-order valence-corrected chi connectivity index (χ2v) is 6.61. The van der Waals surface area contributed by atoms with E-state index in [1.165, 1.54) is 19.3 Å². The number of amides is 2. The van der Waals surface area contributed by atoms with Crippen molar-refractivity contribution in [2.75, 3.05) is 13.6 Å². The molecule has 2 heterocycles. The number of likely N-dealkylation sites (tertiary alicyclic amines) is 1. The van der Waals surface area contributed by atoms with Crippen molar-refractivity contribution in [1.29, 1.82) is 0 Å². The maximum atomic E-state index is 13.0. The van der Waals surface area contributed by atoms with Crippen LogP contribution >= 0.6 is 0 Å². The van der Waals surface area contributed by atoms with Crippen LogP contribution in [0.5, 0.6) is 0 Å². The van der Waals surface area contributed by atoms with Crippen LogP contribution in [0.3, 0.4) is 0 Å². The van der Waals surface area contributed by atoms with Crippen LogP contribution in [-0.4, -0.2) is 45.0 Å². The lowest BCUT2D eigenvalue weighted by Gasteiger charge is -2.39. The van der Waals surface area contributed by atoms with Crippen molar-refractivity contribution in [1.82, 2.24) is 19.4 Å². The van der Waals surface area contributed by atoms with E-state index < -0.39 is 0 Å². The van der Waals surface area contributed by atoms with E-state index >= 15 is 0 Å². The Morgan fingerprint density at radius 2 is 2.00 bits per heavy atom. The molecule has 3 rings (SSSR count). The van der Waals surface area contributed by atoms with Gasteiger partial charge in [-0.15, -0.1) is 0 Å². The van der Waals surface area contributed by atoms with Gasteiger partial charge >= 0.3 is 6.03 Å². The highest BCUT2D eigenvalue weighted by atomic mass is 16.2. The van der Waals surface area contributed by atoms with Crippen LogP contribution in [0.15, 0.2) is 12.4 Å². The number of carbonyl (C=O) groups is 1. The Kier molecular flexibility index (Phi) is 4.69. The fourth-order valence-corrected chi connectivity index (χ4v) is 3.96. The molecule has 22 heavy (non-hydrogen) atoms. The Hall–Kier alpha value is -1.52. The lowest BCUT2D eigenvalue weighted by atomic mass is 10.0. The van der Waals surface area contributed by atoms with Crippen LogP contribution in [0.25, 0.3) is 0 Å². The second-order valence-electron chi connectivity index (χ2n) is 6.61. The summed E-state index contributed by atoms with van der Waals surface area (Å²) in [5, 5.41) is 0. The summed E-state index contributed by atoms with van der Waals surface area (Å²) in [6, 6.07) is 0.767. The van der Waals surface area contributed by atoms with E-state index in [2.05, 4.69) is 21.4 Å². The van der Waals surface area contributed by atoms with E-state index in [0.29, 0.717) is 6.04 Å². The number of piperidine rings is 1. The molecule has 1 atom stereocenters. The van der Waals surface area contributed by atoms with E-state index in [1.54, 1.807) is 0 Å². The third kappa shape index (κ3) is 2.85. The molecule has 0 spiro atoms. The van der Waals surface area contributed by atoms with Crippen molar-refractivity contribution in [3.05, 3.63) is 18.2 Å². The third-order valence-corrected chi connectivity index (χ3v) is 5.31. The summed E-state index contributed by atoms with van der Waals surface area (Å²) < 4.78 is 2.17. The van der Waals surface area contributed by atoms with Crippen molar-refractivity contribution in [2.45, 2.75) is 70.5 Å². The number of carbonyl (C=O) groups excluding carboxylic acids is 1. The molecule has 122 valence electrons. The predicted molar refractivity (Wildman–Crippen MR) is 86.6 cm³/mol. The van der Waals surface area contributed by atoms with E-state index in [-0.39, 0.29) is 12.1 Å². The van der Waals surface area contributed by atoms with Gasteiger partial charge in [-0.1, -0.05) is 12.8 Å². The molecular weight excluding hydrogens is 276 g/mol. The summed E-state index contributed by atoms with van der Waals surface area (Å²) in [6.45, 7) is 3.90. The molecule has 1 saturated carbocycles. The minimum absolute atomic E-state index is 0.139. The number of urea groups is 1. The van der Waals surface area contributed by atoms with E-state index in [0.717, 1.165) is 44.6 Å². The first-order valence-corrected chi connectivity index (χ1v) is 8.76. The number of hydrogen-bond acceptors (Lipinski definition) is 2. The second kappa shape index (κ2) is 6.71. The largest absolute Gasteiger partial charge is 0.333 e. The Morgan fingerprint density at radius 3 is 2.73 bits per heavy atom. The summed E-state index contributed by atoms with van der Waals surface area (Å²) in [7, 11) is 1.98. The topological polar surface area (TPSA) is 41.4 Å². The van der Waals surface area contributed by atoms with Gasteiger partial charge in [-0.25, -0.2) is 9.78 Å².